The molecule has 4 aromatic rings. The van der Waals surface area contributed by atoms with Crippen molar-refractivity contribution in [1.82, 2.24) is 9.55 Å². The van der Waals surface area contributed by atoms with E-state index in [1.54, 1.807) is 7.11 Å². The number of methoxy groups -OCH3 is 1. The van der Waals surface area contributed by atoms with E-state index in [0.29, 0.717) is 0 Å². The molecule has 1 aromatic heterocycles. The molecular formula is C23H20N2O. The summed E-state index contributed by atoms with van der Waals surface area (Å²) in [5, 5.41) is 0. The van der Waals surface area contributed by atoms with Crippen LogP contribution in [0.5, 0.6) is 5.75 Å². The van der Waals surface area contributed by atoms with Gasteiger partial charge in [0, 0.05) is 23.9 Å². The molecule has 0 bridgehead atoms. The Balaban J connectivity index is 1.75. The number of benzene rings is 3. The van der Waals surface area contributed by atoms with Crippen molar-refractivity contribution in [1.29, 1.82) is 0 Å². The van der Waals surface area contributed by atoms with Gasteiger partial charge in [0.05, 0.1) is 12.8 Å². The van der Waals surface area contributed by atoms with E-state index in [4.69, 9.17) is 9.72 Å². The molecule has 0 saturated carbocycles. The molecule has 1 heterocycles. The molecule has 0 atom stereocenters. The molecule has 0 saturated heterocycles. The number of hydrogen-bond donors (Lipinski definition) is 0. The van der Waals surface area contributed by atoms with Crippen LogP contribution in [0.3, 0.4) is 0 Å². The number of imidazole rings is 1. The van der Waals surface area contributed by atoms with Gasteiger partial charge in [-0.25, -0.2) is 4.98 Å². The highest BCUT2D eigenvalue weighted by Gasteiger charge is 2.12. The molecule has 0 N–H and O–H groups in total. The molecule has 128 valence electrons. The predicted octanol–water partition coefficient (Wildman–Crippen LogP) is 5.27. The fourth-order valence-electron chi connectivity index (χ4n) is 3.03. The van der Waals surface area contributed by atoms with Gasteiger partial charge in [-0.2, -0.15) is 0 Å². The summed E-state index contributed by atoms with van der Waals surface area (Å²) in [6.45, 7) is 0.758. The summed E-state index contributed by atoms with van der Waals surface area (Å²) < 4.78 is 7.46. The number of hydrogen-bond acceptors (Lipinski definition) is 2. The standard InChI is InChI=1S/C23H20N2O/c1-26-21-14-12-18(13-15-21)16-25-17-22(19-8-4-2-5-9-19)24-23(25)20-10-6-3-7-11-20/h2-15,17H,16H2,1H3. The van der Waals surface area contributed by atoms with Crippen molar-refractivity contribution in [3.63, 3.8) is 0 Å². The molecule has 26 heavy (non-hydrogen) atoms. The quantitative estimate of drug-likeness (QED) is 0.494. The molecular weight excluding hydrogens is 320 g/mol. The lowest BCUT2D eigenvalue weighted by atomic mass is 10.2. The van der Waals surface area contributed by atoms with Gasteiger partial charge in [-0.1, -0.05) is 72.8 Å². The third kappa shape index (κ3) is 3.38. The lowest BCUT2D eigenvalue weighted by Crippen LogP contribution is -2.01. The summed E-state index contributed by atoms with van der Waals surface area (Å²) in [6.07, 6.45) is 2.13. The summed E-state index contributed by atoms with van der Waals surface area (Å²) in [5.74, 6) is 1.84. The third-order valence-corrected chi connectivity index (χ3v) is 4.39. The fraction of sp³-hybridized carbons (Fsp3) is 0.0870. The molecule has 3 nitrogen and oxygen atoms in total. The normalized spacial score (nSPS) is 10.7. The molecule has 0 aliphatic carbocycles. The molecule has 0 aliphatic rings. The van der Waals surface area contributed by atoms with Crippen LogP contribution >= 0.6 is 0 Å². The van der Waals surface area contributed by atoms with E-state index in [0.717, 1.165) is 34.9 Å². The Hall–Kier alpha value is -3.33. The van der Waals surface area contributed by atoms with Gasteiger partial charge in [-0.05, 0) is 17.7 Å². The minimum absolute atomic E-state index is 0.758. The number of nitrogens with zero attached hydrogens (tertiary/aromatic N) is 2. The molecule has 3 aromatic carbocycles. The van der Waals surface area contributed by atoms with E-state index >= 15 is 0 Å². The van der Waals surface area contributed by atoms with Crippen molar-refractivity contribution in [3.05, 3.63) is 96.7 Å². The van der Waals surface area contributed by atoms with Crippen molar-refractivity contribution in [2.45, 2.75) is 6.54 Å². The number of ether oxygens (including phenoxy) is 1. The van der Waals surface area contributed by atoms with Crippen molar-refractivity contribution in [2.75, 3.05) is 7.11 Å². The Labute approximate surface area is 153 Å². The zero-order chi connectivity index (χ0) is 17.8. The second kappa shape index (κ2) is 7.28. The van der Waals surface area contributed by atoms with Gasteiger partial charge in [-0.3, -0.25) is 0 Å². The smallest absolute Gasteiger partial charge is 0.140 e. The summed E-state index contributed by atoms with van der Waals surface area (Å²) in [6, 6.07) is 28.8. The van der Waals surface area contributed by atoms with E-state index in [2.05, 4.69) is 47.2 Å². The maximum atomic E-state index is 5.26. The average Bonchev–Trinajstić information content (AvgIpc) is 3.14. The van der Waals surface area contributed by atoms with Gasteiger partial charge < -0.3 is 9.30 Å². The molecule has 3 heteroatoms. The summed E-state index contributed by atoms with van der Waals surface area (Å²) >= 11 is 0. The highest BCUT2D eigenvalue weighted by molar-refractivity contribution is 5.65. The first-order valence-electron chi connectivity index (χ1n) is 8.64. The molecule has 0 spiro atoms. The van der Waals surface area contributed by atoms with Crippen LogP contribution in [0.25, 0.3) is 22.6 Å². The van der Waals surface area contributed by atoms with Crippen LogP contribution in [-0.2, 0) is 6.54 Å². The molecule has 0 fully saturated rings. The minimum atomic E-state index is 0.758. The van der Waals surface area contributed by atoms with Crippen LogP contribution in [-0.4, -0.2) is 16.7 Å². The first-order valence-corrected chi connectivity index (χ1v) is 8.64. The monoisotopic (exact) mass is 340 g/mol. The van der Waals surface area contributed by atoms with Crippen LogP contribution in [0.2, 0.25) is 0 Å². The topological polar surface area (TPSA) is 27.1 Å². The van der Waals surface area contributed by atoms with Crippen LogP contribution in [0.4, 0.5) is 0 Å². The summed E-state index contributed by atoms with van der Waals surface area (Å²) in [5.41, 5.74) is 4.43. The van der Waals surface area contributed by atoms with E-state index in [1.165, 1.54) is 5.56 Å². The average molecular weight is 340 g/mol. The van der Waals surface area contributed by atoms with Crippen LogP contribution in [0, 0.1) is 0 Å². The summed E-state index contributed by atoms with van der Waals surface area (Å²) in [4.78, 5) is 4.92. The zero-order valence-corrected chi connectivity index (χ0v) is 14.7. The maximum absolute atomic E-state index is 5.26. The van der Waals surface area contributed by atoms with E-state index in [9.17, 15) is 0 Å². The highest BCUT2D eigenvalue weighted by Crippen LogP contribution is 2.26. The third-order valence-electron chi connectivity index (χ3n) is 4.39. The van der Waals surface area contributed by atoms with Crippen LogP contribution in [0.1, 0.15) is 5.56 Å². The van der Waals surface area contributed by atoms with Gasteiger partial charge >= 0.3 is 0 Å². The Morgan fingerprint density at radius 1 is 0.769 bits per heavy atom. The summed E-state index contributed by atoms with van der Waals surface area (Å²) in [7, 11) is 1.69. The predicted molar refractivity (Wildman–Crippen MR) is 105 cm³/mol. The van der Waals surface area contributed by atoms with Gasteiger partial charge in [0.15, 0.2) is 0 Å². The number of aromatic nitrogens is 2. The van der Waals surface area contributed by atoms with Gasteiger partial charge in [0.25, 0.3) is 0 Å². The molecule has 0 radical (unpaired) electrons. The highest BCUT2D eigenvalue weighted by atomic mass is 16.5. The Morgan fingerprint density at radius 2 is 1.38 bits per heavy atom. The molecule has 0 unspecified atom stereocenters. The Morgan fingerprint density at radius 3 is 2.00 bits per heavy atom. The number of rotatable bonds is 5. The Kier molecular flexibility index (Phi) is 4.52. The van der Waals surface area contributed by atoms with E-state index in [1.807, 2.05) is 48.5 Å². The van der Waals surface area contributed by atoms with Gasteiger partial charge in [0.2, 0.25) is 0 Å². The second-order valence-corrected chi connectivity index (χ2v) is 6.16. The van der Waals surface area contributed by atoms with E-state index in [-0.39, 0.29) is 0 Å². The molecule has 4 rings (SSSR count). The van der Waals surface area contributed by atoms with Gasteiger partial charge in [-0.15, -0.1) is 0 Å². The molecule has 0 aliphatic heterocycles. The van der Waals surface area contributed by atoms with Crippen LogP contribution < -0.4 is 4.74 Å². The van der Waals surface area contributed by atoms with Gasteiger partial charge in [0.1, 0.15) is 11.6 Å². The van der Waals surface area contributed by atoms with Crippen LogP contribution in [0.15, 0.2) is 91.1 Å². The van der Waals surface area contributed by atoms with Crippen molar-refractivity contribution >= 4 is 0 Å². The largest absolute Gasteiger partial charge is 0.497 e. The second-order valence-electron chi connectivity index (χ2n) is 6.16. The van der Waals surface area contributed by atoms with Crippen molar-refractivity contribution in [3.8, 4) is 28.4 Å². The zero-order valence-electron chi connectivity index (χ0n) is 14.7. The van der Waals surface area contributed by atoms with Crippen molar-refractivity contribution in [2.24, 2.45) is 0 Å². The first-order chi connectivity index (χ1) is 12.8. The lowest BCUT2D eigenvalue weighted by molar-refractivity contribution is 0.414. The van der Waals surface area contributed by atoms with E-state index < -0.39 is 0 Å². The minimum Gasteiger partial charge on any atom is -0.497 e. The first kappa shape index (κ1) is 16.2. The fourth-order valence-corrected chi connectivity index (χ4v) is 3.03. The Bertz CT molecular complexity index is 974. The lowest BCUT2D eigenvalue weighted by Gasteiger charge is -2.08. The molecule has 0 amide bonds. The SMILES string of the molecule is COc1ccc(Cn2cc(-c3ccccc3)nc2-c2ccccc2)cc1. The van der Waals surface area contributed by atoms with Crippen molar-refractivity contribution < 1.29 is 4.74 Å². The maximum Gasteiger partial charge on any atom is 0.140 e.